The number of aliphatic hydroxyl groups is 1. The maximum Gasteiger partial charge on any atom is 0.0611 e. The average molecular weight is 287 g/mol. The molecule has 0 spiro atoms. The quantitative estimate of drug-likeness (QED) is 0.648. The lowest BCUT2D eigenvalue weighted by atomic mass is 9.92. The first-order valence-corrected chi connectivity index (χ1v) is 8.22. The molecule has 0 aromatic carbocycles. The Kier molecular flexibility index (Phi) is 8.96. The molecule has 0 saturated carbocycles. The summed E-state index contributed by atoms with van der Waals surface area (Å²) in [6, 6.07) is 0.867. The fraction of sp³-hybridized carbons (Fsp3) is 1.00. The van der Waals surface area contributed by atoms with Gasteiger partial charge in [0.1, 0.15) is 0 Å². The molecule has 0 amide bonds. The van der Waals surface area contributed by atoms with Crippen molar-refractivity contribution in [1.29, 1.82) is 0 Å². The Balaban J connectivity index is 4.73. The van der Waals surface area contributed by atoms with Gasteiger partial charge in [-0.2, -0.15) is 0 Å². The summed E-state index contributed by atoms with van der Waals surface area (Å²) in [4.78, 5) is 2.57. The van der Waals surface area contributed by atoms with E-state index < -0.39 is 0 Å². The SMILES string of the molecule is CC(C)CN(CC(C)C)C(C)CC(C)(CO)NC(C)C. The van der Waals surface area contributed by atoms with Gasteiger partial charge in [0, 0.05) is 30.7 Å². The zero-order chi connectivity index (χ0) is 15.9. The molecule has 0 fully saturated rings. The number of hydrogen-bond donors (Lipinski definition) is 2. The fourth-order valence-electron chi connectivity index (χ4n) is 3.02. The first kappa shape index (κ1) is 19.9. The molecule has 122 valence electrons. The van der Waals surface area contributed by atoms with Crippen molar-refractivity contribution < 1.29 is 5.11 Å². The molecule has 0 aromatic heterocycles. The molecule has 2 atom stereocenters. The maximum absolute atomic E-state index is 9.75. The van der Waals surface area contributed by atoms with Crippen molar-refractivity contribution >= 4 is 0 Å². The predicted molar refractivity (Wildman–Crippen MR) is 89.1 cm³/mol. The zero-order valence-electron chi connectivity index (χ0n) is 15.0. The lowest BCUT2D eigenvalue weighted by Gasteiger charge is -2.39. The minimum Gasteiger partial charge on any atom is -0.394 e. The van der Waals surface area contributed by atoms with Gasteiger partial charge in [-0.25, -0.2) is 0 Å². The van der Waals surface area contributed by atoms with Crippen LogP contribution in [0, 0.1) is 11.8 Å². The Bertz CT molecular complexity index is 243. The predicted octanol–water partition coefficient (Wildman–Crippen LogP) is 3.13. The highest BCUT2D eigenvalue weighted by Crippen LogP contribution is 2.19. The third-order valence-electron chi connectivity index (χ3n) is 3.55. The van der Waals surface area contributed by atoms with Gasteiger partial charge in [0.25, 0.3) is 0 Å². The first-order valence-electron chi connectivity index (χ1n) is 8.22. The summed E-state index contributed by atoms with van der Waals surface area (Å²) >= 11 is 0. The van der Waals surface area contributed by atoms with Gasteiger partial charge in [0.2, 0.25) is 0 Å². The van der Waals surface area contributed by atoms with E-state index in [1.165, 1.54) is 0 Å². The molecule has 2 N–H and O–H groups in total. The molecular weight excluding hydrogens is 248 g/mol. The van der Waals surface area contributed by atoms with E-state index in [9.17, 15) is 5.11 Å². The summed E-state index contributed by atoms with van der Waals surface area (Å²) in [6.45, 7) is 20.2. The molecule has 3 heteroatoms. The van der Waals surface area contributed by atoms with Crippen LogP contribution >= 0.6 is 0 Å². The Labute approximate surface area is 127 Å². The fourth-order valence-corrected chi connectivity index (χ4v) is 3.02. The van der Waals surface area contributed by atoms with Crippen LogP contribution in [0.1, 0.15) is 61.8 Å². The third-order valence-corrected chi connectivity index (χ3v) is 3.55. The third kappa shape index (κ3) is 8.23. The van der Waals surface area contributed by atoms with E-state index in [1.54, 1.807) is 0 Å². The highest BCUT2D eigenvalue weighted by atomic mass is 16.3. The highest BCUT2D eigenvalue weighted by molar-refractivity contribution is 4.88. The van der Waals surface area contributed by atoms with Crippen LogP contribution in [0.15, 0.2) is 0 Å². The number of nitrogens with zero attached hydrogens (tertiary/aromatic N) is 1. The van der Waals surface area contributed by atoms with Crippen LogP contribution in [0.5, 0.6) is 0 Å². The summed E-state index contributed by atoms with van der Waals surface area (Å²) in [6.07, 6.45) is 0.973. The molecule has 0 aromatic rings. The number of rotatable bonds is 10. The summed E-state index contributed by atoms with van der Waals surface area (Å²) < 4.78 is 0. The topological polar surface area (TPSA) is 35.5 Å². The summed E-state index contributed by atoms with van der Waals surface area (Å²) in [5, 5.41) is 13.3. The van der Waals surface area contributed by atoms with Crippen LogP contribution in [0.2, 0.25) is 0 Å². The van der Waals surface area contributed by atoms with Crippen molar-refractivity contribution in [3.05, 3.63) is 0 Å². The van der Waals surface area contributed by atoms with Crippen LogP contribution in [0.4, 0.5) is 0 Å². The van der Waals surface area contributed by atoms with E-state index in [0.29, 0.717) is 23.9 Å². The first-order chi connectivity index (χ1) is 9.09. The molecule has 0 radical (unpaired) electrons. The normalized spacial score (nSPS) is 17.2. The molecular formula is C17H38N2O. The largest absolute Gasteiger partial charge is 0.394 e. The Morgan fingerprint density at radius 2 is 1.40 bits per heavy atom. The molecule has 0 saturated heterocycles. The number of aliphatic hydroxyl groups excluding tert-OH is 1. The summed E-state index contributed by atoms with van der Waals surface area (Å²) in [5.74, 6) is 1.35. The standard InChI is InChI=1S/C17H38N2O/c1-13(2)10-19(11-14(3)4)16(7)9-17(8,12-20)18-15(5)6/h13-16,18,20H,9-12H2,1-8H3. The number of nitrogens with one attached hydrogen (secondary N) is 1. The average Bonchev–Trinajstić information content (AvgIpc) is 2.25. The Morgan fingerprint density at radius 1 is 0.950 bits per heavy atom. The van der Waals surface area contributed by atoms with E-state index in [0.717, 1.165) is 19.5 Å². The molecule has 0 aliphatic carbocycles. The van der Waals surface area contributed by atoms with Crippen LogP contribution in [0.25, 0.3) is 0 Å². The molecule has 0 aliphatic heterocycles. The molecule has 0 rings (SSSR count). The second kappa shape index (κ2) is 9.01. The van der Waals surface area contributed by atoms with Gasteiger partial charge in [0.15, 0.2) is 0 Å². The lowest BCUT2D eigenvalue weighted by molar-refractivity contribution is 0.0953. The second-order valence-corrected chi connectivity index (χ2v) is 7.81. The van der Waals surface area contributed by atoms with Gasteiger partial charge in [-0.05, 0) is 32.1 Å². The van der Waals surface area contributed by atoms with Gasteiger partial charge in [-0.1, -0.05) is 41.5 Å². The smallest absolute Gasteiger partial charge is 0.0611 e. The van der Waals surface area contributed by atoms with Crippen molar-refractivity contribution in [1.82, 2.24) is 10.2 Å². The maximum atomic E-state index is 9.75. The molecule has 20 heavy (non-hydrogen) atoms. The highest BCUT2D eigenvalue weighted by Gasteiger charge is 2.29. The van der Waals surface area contributed by atoms with Gasteiger partial charge in [-0.15, -0.1) is 0 Å². The van der Waals surface area contributed by atoms with Gasteiger partial charge in [-0.3, -0.25) is 0 Å². The van der Waals surface area contributed by atoms with Crippen molar-refractivity contribution in [2.24, 2.45) is 11.8 Å². The molecule has 0 heterocycles. The molecule has 0 bridgehead atoms. The molecule has 0 aliphatic rings. The zero-order valence-corrected chi connectivity index (χ0v) is 15.0. The van der Waals surface area contributed by atoms with Crippen LogP contribution < -0.4 is 5.32 Å². The summed E-state index contributed by atoms with van der Waals surface area (Å²) in [5.41, 5.74) is -0.195. The van der Waals surface area contributed by atoms with E-state index in [-0.39, 0.29) is 12.1 Å². The van der Waals surface area contributed by atoms with Crippen LogP contribution in [-0.4, -0.2) is 47.3 Å². The van der Waals surface area contributed by atoms with E-state index in [2.05, 4.69) is 65.6 Å². The van der Waals surface area contributed by atoms with E-state index >= 15 is 0 Å². The van der Waals surface area contributed by atoms with Gasteiger partial charge in [0.05, 0.1) is 6.61 Å². The molecule has 2 unspecified atom stereocenters. The minimum atomic E-state index is -0.195. The Morgan fingerprint density at radius 3 is 1.70 bits per heavy atom. The van der Waals surface area contributed by atoms with Crippen LogP contribution in [-0.2, 0) is 0 Å². The van der Waals surface area contributed by atoms with Gasteiger partial charge < -0.3 is 15.3 Å². The van der Waals surface area contributed by atoms with Crippen molar-refractivity contribution in [2.75, 3.05) is 19.7 Å². The van der Waals surface area contributed by atoms with Crippen LogP contribution in [0.3, 0.4) is 0 Å². The summed E-state index contributed by atoms with van der Waals surface area (Å²) in [7, 11) is 0. The van der Waals surface area contributed by atoms with Crippen molar-refractivity contribution in [3.63, 3.8) is 0 Å². The Hall–Kier alpha value is -0.120. The lowest BCUT2D eigenvalue weighted by Crippen LogP contribution is -2.53. The molecule has 3 nitrogen and oxygen atoms in total. The van der Waals surface area contributed by atoms with E-state index in [1.807, 2.05) is 0 Å². The number of hydrogen-bond acceptors (Lipinski definition) is 3. The van der Waals surface area contributed by atoms with Crippen molar-refractivity contribution in [2.45, 2.75) is 79.4 Å². The minimum absolute atomic E-state index is 0.187. The van der Waals surface area contributed by atoms with Crippen molar-refractivity contribution in [3.8, 4) is 0 Å². The van der Waals surface area contributed by atoms with E-state index in [4.69, 9.17) is 0 Å². The van der Waals surface area contributed by atoms with Gasteiger partial charge >= 0.3 is 0 Å². The second-order valence-electron chi connectivity index (χ2n) is 7.81. The monoisotopic (exact) mass is 286 g/mol.